The van der Waals surface area contributed by atoms with Crippen molar-refractivity contribution in [3.8, 4) is 0 Å². The van der Waals surface area contributed by atoms with E-state index in [-0.39, 0.29) is 18.4 Å². The highest BCUT2D eigenvalue weighted by atomic mass is 79.9. The van der Waals surface area contributed by atoms with Gasteiger partial charge in [0.1, 0.15) is 12.6 Å². The van der Waals surface area contributed by atoms with E-state index in [0.29, 0.717) is 12.2 Å². The zero-order valence-electron chi connectivity index (χ0n) is 20.6. The Morgan fingerprint density at radius 1 is 1.06 bits per heavy atom. The Morgan fingerprint density at radius 3 is 2.29 bits per heavy atom. The highest BCUT2D eigenvalue weighted by Crippen LogP contribution is 2.25. The van der Waals surface area contributed by atoms with E-state index in [1.807, 2.05) is 52.0 Å². The van der Waals surface area contributed by atoms with Crippen molar-refractivity contribution in [1.29, 1.82) is 0 Å². The molecule has 0 bridgehead atoms. The number of anilines is 1. The molecule has 7 nitrogen and oxygen atoms in total. The van der Waals surface area contributed by atoms with E-state index in [0.717, 1.165) is 31.7 Å². The number of benzene rings is 2. The summed E-state index contributed by atoms with van der Waals surface area (Å²) in [6.45, 7) is 9.72. The number of halogens is 1. The molecule has 34 heavy (non-hydrogen) atoms. The summed E-state index contributed by atoms with van der Waals surface area (Å²) in [4.78, 5) is 27.8. The molecule has 0 heterocycles. The van der Waals surface area contributed by atoms with Crippen molar-refractivity contribution in [3.63, 3.8) is 0 Å². The fraction of sp³-hybridized carbons (Fsp3) is 0.440. The summed E-state index contributed by atoms with van der Waals surface area (Å²) in [5.41, 5.74) is 3.13. The average Bonchev–Trinajstić information content (AvgIpc) is 2.74. The Morgan fingerprint density at radius 2 is 1.74 bits per heavy atom. The molecule has 9 heteroatoms. The van der Waals surface area contributed by atoms with Crippen LogP contribution in [0.2, 0.25) is 0 Å². The SMILES string of the molecule is Cc1cccc(CN(C(=O)CN(c2ccc(Br)c(C)c2)S(C)(=O)=O)C(C)C(=O)NCC(C)C)c1. The van der Waals surface area contributed by atoms with E-state index in [4.69, 9.17) is 0 Å². The zero-order chi connectivity index (χ0) is 25.6. The Balaban J connectivity index is 2.39. The lowest BCUT2D eigenvalue weighted by atomic mass is 10.1. The first-order valence-corrected chi connectivity index (χ1v) is 13.8. The predicted molar refractivity (Wildman–Crippen MR) is 140 cm³/mol. The van der Waals surface area contributed by atoms with Gasteiger partial charge in [-0.25, -0.2) is 8.42 Å². The van der Waals surface area contributed by atoms with Gasteiger partial charge in [-0.2, -0.15) is 0 Å². The second-order valence-corrected chi connectivity index (χ2v) is 11.8. The molecule has 186 valence electrons. The van der Waals surface area contributed by atoms with Crippen LogP contribution in [-0.2, 0) is 26.2 Å². The van der Waals surface area contributed by atoms with Crippen LogP contribution in [0.3, 0.4) is 0 Å². The van der Waals surface area contributed by atoms with Crippen LogP contribution < -0.4 is 9.62 Å². The maximum atomic E-state index is 13.5. The van der Waals surface area contributed by atoms with E-state index in [9.17, 15) is 18.0 Å². The largest absolute Gasteiger partial charge is 0.354 e. The average molecular weight is 553 g/mol. The third-order valence-corrected chi connectivity index (χ3v) is 7.43. The summed E-state index contributed by atoms with van der Waals surface area (Å²) in [5.74, 6) is -0.474. The van der Waals surface area contributed by atoms with Gasteiger partial charge in [0.2, 0.25) is 21.8 Å². The number of carbonyl (C=O) groups excluding carboxylic acids is 2. The minimum absolute atomic E-state index is 0.188. The molecule has 0 aliphatic heterocycles. The van der Waals surface area contributed by atoms with Gasteiger partial charge in [-0.05, 0) is 56.0 Å². The quantitative estimate of drug-likeness (QED) is 0.483. The molecule has 0 radical (unpaired) electrons. The second kappa shape index (κ2) is 11.8. The van der Waals surface area contributed by atoms with Crippen LogP contribution in [0.5, 0.6) is 0 Å². The fourth-order valence-corrected chi connectivity index (χ4v) is 4.53. The van der Waals surface area contributed by atoms with Gasteiger partial charge in [0.25, 0.3) is 0 Å². The van der Waals surface area contributed by atoms with E-state index in [1.165, 1.54) is 4.90 Å². The number of aryl methyl sites for hydroxylation is 2. The van der Waals surface area contributed by atoms with E-state index < -0.39 is 28.5 Å². The number of nitrogens with one attached hydrogen (secondary N) is 1. The maximum absolute atomic E-state index is 13.5. The minimum atomic E-state index is -3.75. The molecular formula is C25H34BrN3O4S. The molecule has 2 aromatic rings. The summed E-state index contributed by atoms with van der Waals surface area (Å²) < 4.78 is 27.2. The van der Waals surface area contributed by atoms with Crippen LogP contribution in [0.4, 0.5) is 5.69 Å². The number of hydrogen-bond acceptors (Lipinski definition) is 4. The van der Waals surface area contributed by atoms with E-state index in [2.05, 4.69) is 21.2 Å². The van der Waals surface area contributed by atoms with E-state index >= 15 is 0 Å². The monoisotopic (exact) mass is 551 g/mol. The molecule has 0 fully saturated rings. The molecule has 0 saturated carbocycles. The zero-order valence-corrected chi connectivity index (χ0v) is 23.0. The van der Waals surface area contributed by atoms with E-state index in [1.54, 1.807) is 25.1 Å². The van der Waals surface area contributed by atoms with Crippen LogP contribution in [0.1, 0.15) is 37.5 Å². The van der Waals surface area contributed by atoms with Crippen molar-refractivity contribution >= 4 is 43.5 Å². The molecule has 2 rings (SSSR count). The van der Waals surface area contributed by atoms with Crippen molar-refractivity contribution in [2.24, 2.45) is 5.92 Å². The molecule has 0 aliphatic carbocycles. The molecule has 0 spiro atoms. The Labute approximate surface area is 211 Å². The van der Waals surface area contributed by atoms with Gasteiger partial charge >= 0.3 is 0 Å². The summed E-state index contributed by atoms with van der Waals surface area (Å²) in [6, 6.07) is 12.0. The molecule has 0 aliphatic rings. The predicted octanol–water partition coefficient (Wildman–Crippen LogP) is 4.02. The van der Waals surface area contributed by atoms with Crippen LogP contribution in [0.25, 0.3) is 0 Å². The number of sulfonamides is 1. The lowest BCUT2D eigenvalue weighted by molar-refractivity contribution is -0.139. The Kier molecular flexibility index (Phi) is 9.70. The van der Waals surface area contributed by atoms with Crippen molar-refractivity contribution in [2.45, 2.75) is 47.2 Å². The third-order valence-electron chi connectivity index (χ3n) is 5.40. The molecule has 1 unspecified atom stereocenters. The fourth-order valence-electron chi connectivity index (χ4n) is 3.44. The molecule has 1 N–H and O–H groups in total. The Hall–Kier alpha value is -2.39. The molecule has 0 aromatic heterocycles. The van der Waals surface area contributed by atoms with Crippen molar-refractivity contribution < 1.29 is 18.0 Å². The van der Waals surface area contributed by atoms with Crippen LogP contribution in [0.15, 0.2) is 46.9 Å². The van der Waals surface area contributed by atoms with Gasteiger partial charge in [-0.15, -0.1) is 0 Å². The molecule has 0 saturated heterocycles. The first-order chi connectivity index (χ1) is 15.8. The van der Waals surface area contributed by atoms with Crippen LogP contribution in [-0.4, -0.2) is 50.5 Å². The molecule has 1 atom stereocenters. The van der Waals surface area contributed by atoms with Gasteiger partial charge in [0, 0.05) is 17.6 Å². The summed E-state index contributed by atoms with van der Waals surface area (Å²) in [7, 11) is -3.75. The number of hydrogen-bond donors (Lipinski definition) is 1. The molecule has 2 aromatic carbocycles. The molecule has 2 amide bonds. The standard InChI is InChI=1S/C25H34BrN3O4S/c1-17(2)14-27-25(31)20(5)28(15-21-9-7-8-18(3)12-21)24(30)16-29(34(6,32)33)22-10-11-23(26)19(4)13-22/h7-13,17,20H,14-16H2,1-6H3,(H,27,31). The third kappa shape index (κ3) is 7.84. The summed E-state index contributed by atoms with van der Waals surface area (Å²) in [5, 5.41) is 2.87. The normalized spacial score (nSPS) is 12.4. The van der Waals surface area contributed by atoms with Crippen LogP contribution in [0, 0.1) is 19.8 Å². The first-order valence-electron chi connectivity index (χ1n) is 11.2. The lowest BCUT2D eigenvalue weighted by Gasteiger charge is -2.31. The second-order valence-electron chi connectivity index (χ2n) is 9.03. The smallest absolute Gasteiger partial charge is 0.244 e. The highest BCUT2D eigenvalue weighted by molar-refractivity contribution is 9.10. The van der Waals surface area contributed by atoms with Gasteiger partial charge in [-0.3, -0.25) is 13.9 Å². The number of nitrogens with zero attached hydrogens (tertiary/aromatic N) is 2. The van der Waals surface area contributed by atoms with Crippen molar-refractivity contribution in [3.05, 3.63) is 63.6 Å². The van der Waals surface area contributed by atoms with Gasteiger partial charge in [0.15, 0.2) is 0 Å². The first kappa shape index (κ1) is 27.9. The number of rotatable bonds is 10. The maximum Gasteiger partial charge on any atom is 0.244 e. The van der Waals surface area contributed by atoms with Gasteiger partial charge in [0.05, 0.1) is 11.9 Å². The van der Waals surface area contributed by atoms with Gasteiger partial charge in [-0.1, -0.05) is 59.6 Å². The van der Waals surface area contributed by atoms with Crippen LogP contribution >= 0.6 is 15.9 Å². The van der Waals surface area contributed by atoms with Crippen molar-refractivity contribution in [2.75, 3.05) is 23.7 Å². The topological polar surface area (TPSA) is 86.8 Å². The van der Waals surface area contributed by atoms with Gasteiger partial charge < -0.3 is 10.2 Å². The lowest BCUT2D eigenvalue weighted by Crippen LogP contribution is -2.51. The molecular weight excluding hydrogens is 518 g/mol. The minimum Gasteiger partial charge on any atom is -0.354 e. The Bertz CT molecular complexity index is 1130. The summed E-state index contributed by atoms with van der Waals surface area (Å²) in [6.07, 6.45) is 1.07. The summed E-state index contributed by atoms with van der Waals surface area (Å²) >= 11 is 3.42. The highest BCUT2D eigenvalue weighted by Gasteiger charge is 2.30. The number of amides is 2. The number of carbonyl (C=O) groups is 2. The van der Waals surface area contributed by atoms with Crippen molar-refractivity contribution in [1.82, 2.24) is 10.2 Å².